The fourth-order valence-electron chi connectivity index (χ4n) is 3.08. The second kappa shape index (κ2) is 6.75. The molecule has 1 saturated heterocycles. The van der Waals surface area contributed by atoms with Gasteiger partial charge in [-0.05, 0) is 36.0 Å². The molecular formula is C17H24N2. The van der Waals surface area contributed by atoms with Crippen LogP contribution in [0.4, 0.5) is 0 Å². The van der Waals surface area contributed by atoms with Crippen molar-refractivity contribution in [2.45, 2.75) is 26.8 Å². The van der Waals surface area contributed by atoms with E-state index in [1.54, 1.807) is 0 Å². The van der Waals surface area contributed by atoms with Crippen molar-refractivity contribution in [2.75, 3.05) is 19.6 Å². The zero-order chi connectivity index (χ0) is 13.7. The van der Waals surface area contributed by atoms with Crippen molar-refractivity contribution in [3.05, 3.63) is 35.4 Å². The van der Waals surface area contributed by atoms with Crippen LogP contribution in [0.3, 0.4) is 0 Å². The molecule has 0 spiro atoms. The third-order valence-electron chi connectivity index (χ3n) is 3.61. The van der Waals surface area contributed by atoms with E-state index >= 15 is 0 Å². The highest BCUT2D eigenvalue weighted by Gasteiger charge is 2.21. The van der Waals surface area contributed by atoms with Crippen LogP contribution >= 0.6 is 0 Å². The lowest BCUT2D eigenvalue weighted by Crippen LogP contribution is -2.38. The lowest BCUT2D eigenvalue weighted by atomic mass is 9.91. The molecule has 102 valence electrons. The molecule has 2 atom stereocenters. The minimum atomic E-state index is 0.422. The highest BCUT2D eigenvalue weighted by molar-refractivity contribution is 5.37. The van der Waals surface area contributed by atoms with Crippen molar-refractivity contribution in [3.8, 4) is 11.8 Å². The Hall–Kier alpha value is -1.30. The van der Waals surface area contributed by atoms with Gasteiger partial charge in [-0.3, -0.25) is 4.90 Å². The Kier molecular flexibility index (Phi) is 5.01. The molecule has 1 fully saturated rings. The normalized spacial score (nSPS) is 23.7. The van der Waals surface area contributed by atoms with E-state index in [2.05, 4.69) is 48.8 Å². The molecule has 1 aliphatic rings. The van der Waals surface area contributed by atoms with Gasteiger partial charge in [0.25, 0.3) is 0 Å². The van der Waals surface area contributed by atoms with Crippen molar-refractivity contribution < 1.29 is 0 Å². The Morgan fingerprint density at radius 1 is 1.26 bits per heavy atom. The fraction of sp³-hybridized carbons (Fsp3) is 0.529. The summed E-state index contributed by atoms with van der Waals surface area (Å²) in [6.07, 6.45) is 1.36. The second-order valence-electron chi connectivity index (χ2n) is 5.85. The first-order valence-corrected chi connectivity index (χ1v) is 7.17. The zero-order valence-corrected chi connectivity index (χ0v) is 12.0. The standard InChI is InChI=1S/C17H24N2/c1-14-9-15(2)12-19(11-14)13-17-6-3-5-16(10-17)7-4-8-18/h3,5-6,10,14-15H,8-9,11-13,18H2,1-2H3. The smallest absolute Gasteiger partial charge is 0.0555 e. The number of hydrogen-bond acceptors (Lipinski definition) is 2. The Bertz CT molecular complexity index is 460. The molecule has 0 amide bonds. The monoisotopic (exact) mass is 256 g/mol. The van der Waals surface area contributed by atoms with Crippen LogP contribution in [0.25, 0.3) is 0 Å². The Morgan fingerprint density at radius 3 is 2.68 bits per heavy atom. The summed E-state index contributed by atoms with van der Waals surface area (Å²) < 4.78 is 0. The molecule has 2 heteroatoms. The minimum Gasteiger partial charge on any atom is -0.320 e. The van der Waals surface area contributed by atoms with E-state index in [1.807, 2.05) is 6.07 Å². The van der Waals surface area contributed by atoms with Gasteiger partial charge >= 0.3 is 0 Å². The molecule has 0 bridgehead atoms. The van der Waals surface area contributed by atoms with Gasteiger partial charge in [0.05, 0.1) is 6.54 Å². The number of rotatable bonds is 2. The number of benzene rings is 1. The van der Waals surface area contributed by atoms with Gasteiger partial charge in [0.2, 0.25) is 0 Å². The zero-order valence-electron chi connectivity index (χ0n) is 12.0. The lowest BCUT2D eigenvalue weighted by Gasteiger charge is -2.35. The third-order valence-corrected chi connectivity index (χ3v) is 3.61. The second-order valence-corrected chi connectivity index (χ2v) is 5.85. The van der Waals surface area contributed by atoms with Gasteiger partial charge in [-0.1, -0.05) is 37.8 Å². The lowest BCUT2D eigenvalue weighted by molar-refractivity contribution is 0.134. The van der Waals surface area contributed by atoms with Crippen molar-refractivity contribution in [1.29, 1.82) is 0 Å². The predicted molar refractivity (Wildman–Crippen MR) is 80.6 cm³/mol. The highest BCUT2D eigenvalue weighted by atomic mass is 15.1. The summed E-state index contributed by atoms with van der Waals surface area (Å²) in [5.41, 5.74) is 7.83. The molecule has 19 heavy (non-hydrogen) atoms. The SMILES string of the molecule is CC1CC(C)CN(Cc2cccc(C#CCN)c2)C1. The molecule has 1 aromatic rings. The van der Waals surface area contributed by atoms with Crippen LogP contribution in [-0.2, 0) is 6.54 Å². The molecule has 2 N–H and O–H groups in total. The molecular weight excluding hydrogens is 232 g/mol. The molecule has 0 radical (unpaired) electrons. The van der Waals surface area contributed by atoms with Crippen molar-refractivity contribution in [1.82, 2.24) is 4.90 Å². The number of likely N-dealkylation sites (tertiary alicyclic amines) is 1. The first kappa shape index (κ1) is 14.1. The summed E-state index contributed by atoms with van der Waals surface area (Å²) in [7, 11) is 0. The van der Waals surface area contributed by atoms with Crippen molar-refractivity contribution in [3.63, 3.8) is 0 Å². The molecule has 1 aliphatic heterocycles. The average molecular weight is 256 g/mol. The minimum absolute atomic E-state index is 0.422. The Morgan fingerprint density at radius 2 is 2.00 bits per heavy atom. The first-order chi connectivity index (χ1) is 9.17. The van der Waals surface area contributed by atoms with Crippen LogP contribution in [0, 0.1) is 23.7 Å². The van der Waals surface area contributed by atoms with Crippen LogP contribution in [0.5, 0.6) is 0 Å². The molecule has 2 unspecified atom stereocenters. The fourth-order valence-corrected chi connectivity index (χ4v) is 3.08. The number of piperidine rings is 1. The summed E-state index contributed by atoms with van der Waals surface area (Å²) in [5.74, 6) is 7.64. The predicted octanol–water partition coefficient (Wildman–Crippen LogP) is 2.47. The van der Waals surface area contributed by atoms with E-state index < -0.39 is 0 Å². The Balaban J connectivity index is 2.02. The maximum absolute atomic E-state index is 5.41. The van der Waals surface area contributed by atoms with Crippen LogP contribution in [0.1, 0.15) is 31.4 Å². The van der Waals surface area contributed by atoms with E-state index in [4.69, 9.17) is 5.73 Å². The molecule has 0 aromatic heterocycles. The number of nitrogens with zero attached hydrogens (tertiary/aromatic N) is 1. The van der Waals surface area contributed by atoms with Crippen LogP contribution in [0.15, 0.2) is 24.3 Å². The summed E-state index contributed by atoms with van der Waals surface area (Å²) in [6.45, 7) is 8.59. The Labute approximate surface area is 117 Å². The van der Waals surface area contributed by atoms with E-state index in [0.717, 1.165) is 23.9 Å². The van der Waals surface area contributed by atoms with E-state index in [-0.39, 0.29) is 0 Å². The van der Waals surface area contributed by atoms with Crippen molar-refractivity contribution in [2.24, 2.45) is 17.6 Å². The van der Waals surface area contributed by atoms with Gasteiger partial charge in [0.15, 0.2) is 0 Å². The molecule has 1 aromatic carbocycles. The number of nitrogens with two attached hydrogens (primary N) is 1. The van der Waals surface area contributed by atoms with Gasteiger partial charge in [-0.25, -0.2) is 0 Å². The van der Waals surface area contributed by atoms with Gasteiger partial charge in [0.1, 0.15) is 0 Å². The van der Waals surface area contributed by atoms with E-state index in [0.29, 0.717) is 6.54 Å². The summed E-state index contributed by atoms with van der Waals surface area (Å²) in [4.78, 5) is 2.56. The maximum atomic E-state index is 5.41. The summed E-state index contributed by atoms with van der Waals surface area (Å²) in [5, 5.41) is 0. The maximum Gasteiger partial charge on any atom is 0.0555 e. The van der Waals surface area contributed by atoms with E-state index in [9.17, 15) is 0 Å². The van der Waals surface area contributed by atoms with Crippen LogP contribution in [0.2, 0.25) is 0 Å². The van der Waals surface area contributed by atoms with E-state index in [1.165, 1.54) is 25.1 Å². The quantitative estimate of drug-likeness (QED) is 0.824. The third kappa shape index (κ3) is 4.38. The van der Waals surface area contributed by atoms with Gasteiger partial charge in [-0.15, -0.1) is 0 Å². The van der Waals surface area contributed by atoms with Crippen LogP contribution < -0.4 is 5.73 Å². The van der Waals surface area contributed by atoms with Crippen LogP contribution in [-0.4, -0.2) is 24.5 Å². The first-order valence-electron chi connectivity index (χ1n) is 7.17. The summed E-state index contributed by atoms with van der Waals surface area (Å²) >= 11 is 0. The topological polar surface area (TPSA) is 29.3 Å². The van der Waals surface area contributed by atoms with Gasteiger partial charge in [0, 0.05) is 25.2 Å². The van der Waals surface area contributed by atoms with Gasteiger partial charge < -0.3 is 5.73 Å². The molecule has 0 aliphatic carbocycles. The summed E-state index contributed by atoms with van der Waals surface area (Å²) in [6, 6.07) is 8.52. The molecule has 2 rings (SSSR count). The van der Waals surface area contributed by atoms with Crippen molar-refractivity contribution >= 4 is 0 Å². The van der Waals surface area contributed by atoms with Gasteiger partial charge in [-0.2, -0.15) is 0 Å². The molecule has 0 saturated carbocycles. The molecule has 1 heterocycles. The highest BCUT2D eigenvalue weighted by Crippen LogP contribution is 2.22. The molecule has 2 nitrogen and oxygen atoms in total. The largest absolute Gasteiger partial charge is 0.320 e. The average Bonchev–Trinajstić information content (AvgIpc) is 2.35. The number of hydrogen-bond donors (Lipinski definition) is 1.